The third-order valence-electron chi connectivity index (χ3n) is 2.83. The van der Waals surface area contributed by atoms with Crippen LogP contribution in [0, 0.1) is 0 Å². The van der Waals surface area contributed by atoms with Crippen LogP contribution in [0.4, 0.5) is 5.69 Å². The number of nitrogen functional groups attached to an aromatic ring is 1. The maximum Gasteiger partial charge on any atom is 0.260 e. The minimum atomic E-state index is 0.177. The number of halogens is 1. The molecule has 0 aliphatic rings. The Bertz CT molecular complexity index is 753. The topological polar surface area (TPSA) is 85.2 Å². The first kappa shape index (κ1) is 12.5. The fourth-order valence-corrected chi connectivity index (χ4v) is 1.96. The van der Waals surface area contributed by atoms with Gasteiger partial charge in [-0.1, -0.05) is 22.8 Å². The van der Waals surface area contributed by atoms with Gasteiger partial charge in [0.25, 0.3) is 5.89 Å². The molecule has 5 nitrogen and oxygen atoms in total. The van der Waals surface area contributed by atoms with Gasteiger partial charge in [0, 0.05) is 5.56 Å². The number of para-hydroxylation sites is 1. The summed E-state index contributed by atoms with van der Waals surface area (Å²) in [6.45, 7) is 0. The van der Waals surface area contributed by atoms with Crippen molar-refractivity contribution in [3.05, 3.63) is 47.5 Å². The van der Waals surface area contributed by atoms with Gasteiger partial charge in [0.2, 0.25) is 5.82 Å². The van der Waals surface area contributed by atoms with Crippen LogP contribution in [0.3, 0.4) is 0 Å². The molecule has 0 saturated heterocycles. The number of aromatic nitrogens is 2. The van der Waals surface area contributed by atoms with Crippen molar-refractivity contribution in [2.45, 2.75) is 0 Å². The van der Waals surface area contributed by atoms with Crippen molar-refractivity contribution in [2.24, 2.45) is 0 Å². The molecule has 0 amide bonds. The van der Waals surface area contributed by atoms with E-state index in [1.165, 1.54) is 0 Å². The van der Waals surface area contributed by atoms with Gasteiger partial charge in [-0.05, 0) is 36.4 Å². The lowest BCUT2D eigenvalue weighted by molar-refractivity contribution is 0.432. The van der Waals surface area contributed by atoms with Crippen LogP contribution < -0.4 is 5.73 Å². The second-order valence-electron chi connectivity index (χ2n) is 4.17. The Labute approximate surface area is 119 Å². The molecule has 3 rings (SSSR count). The van der Waals surface area contributed by atoms with E-state index in [2.05, 4.69) is 10.1 Å². The van der Waals surface area contributed by atoms with Crippen LogP contribution in [-0.4, -0.2) is 15.2 Å². The lowest BCUT2D eigenvalue weighted by Gasteiger charge is -2.01. The Morgan fingerprint density at radius 3 is 2.60 bits per heavy atom. The van der Waals surface area contributed by atoms with E-state index < -0.39 is 0 Å². The Balaban J connectivity index is 2.02. The van der Waals surface area contributed by atoms with E-state index in [4.69, 9.17) is 21.9 Å². The zero-order valence-electron chi connectivity index (χ0n) is 10.2. The van der Waals surface area contributed by atoms with Crippen LogP contribution in [-0.2, 0) is 0 Å². The van der Waals surface area contributed by atoms with Crippen molar-refractivity contribution < 1.29 is 9.63 Å². The van der Waals surface area contributed by atoms with E-state index in [-0.39, 0.29) is 5.75 Å². The van der Waals surface area contributed by atoms with E-state index in [1.54, 1.807) is 42.5 Å². The minimum absolute atomic E-state index is 0.177. The average Bonchev–Trinajstić information content (AvgIpc) is 2.92. The minimum Gasteiger partial charge on any atom is -0.508 e. The number of rotatable bonds is 2. The van der Waals surface area contributed by atoms with Crippen molar-refractivity contribution in [3.63, 3.8) is 0 Å². The molecule has 1 aromatic heterocycles. The standard InChI is InChI=1S/C14H10ClN3O2/c15-11-3-1-2-10(12(11)16)14-17-13(18-20-14)8-4-6-9(19)7-5-8/h1-7,19H,16H2. The van der Waals surface area contributed by atoms with Gasteiger partial charge in [0.15, 0.2) is 0 Å². The Morgan fingerprint density at radius 1 is 1.10 bits per heavy atom. The largest absolute Gasteiger partial charge is 0.508 e. The van der Waals surface area contributed by atoms with Gasteiger partial charge in [0.05, 0.1) is 16.3 Å². The molecule has 0 bridgehead atoms. The summed E-state index contributed by atoms with van der Waals surface area (Å²) in [5.74, 6) is 0.893. The lowest BCUT2D eigenvalue weighted by Crippen LogP contribution is -1.91. The molecular weight excluding hydrogens is 278 g/mol. The quantitative estimate of drug-likeness (QED) is 0.706. The fraction of sp³-hybridized carbons (Fsp3) is 0. The molecule has 0 saturated carbocycles. The Kier molecular flexibility index (Phi) is 3.04. The van der Waals surface area contributed by atoms with Crippen molar-refractivity contribution in [1.82, 2.24) is 10.1 Å². The number of nitrogens with zero attached hydrogens (tertiary/aromatic N) is 2. The molecule has 0 atom stereocenters. The number of nitrogens with two attached hydrogens (primary N) is 1. The summed E-state index contributed by atoms with van der Waals surface area (Å²) < 4.78 is 5.21. The van der Waals surface area contributed by atoms with Gasteiger partial charge >= 0.3 is 0 Å². The molecule has 0 aliphatic heterocycles. The molecule has 20 heavy (non-hydrogen) atoms. The van der Waals surface area contributed by atoms with Crippen LogP contribution in [0.25, 0.3) is 22.8 Å². The number of aromatic hydroxyl groups is 1. The summed E-state index contributed by atoms with van der Waals surface area (Å²) in [6.07, 6.45) is 0. The third-order valence-corrected chi connectivity index (χ3v) is 3.16. The monoisotopic (exact) mass is 287 g/mol. The predicted molar refractivity (Wildman–Crippen MR) is 76.3 cm³/mol. The normalized spacial score (nSPS) is 10.7. The van der Waals surface area contributed by atoms with Gasteiger partial charge in [-0.15, -0.1) is 0 Å². The van der Waals surface area contributed by atoms with Crippen LogP contribution in [0.1, 0.15) is 0 Å². The Hall–Kier alpha value is -2.53. The summed E-state index contributed by atoms with van der Waals surface area (Å²) in [5, 5.41) is 13.6. The highest BCUT2D eigenvalue weighted by molar-refractivity contribution is 6.33. The zero-order valence-corrected chi connectivity index (χ0v) is 11.0. The first-order chi connectivity index (χ1) is 9.65. The van der Waals surface area contributed by atoms with Crippen molar-refractivity contribution in [3.8, 4) is 28.6 Å². The molecule has 3 N–H and O–H groups in total. The molecule has 0 radical (unpaired) electrons. The molecule has 2 aromatic carbocycles. The van der Waals surface area contributed by atoms with E-state index in [0.29, 0.717) is 28.0 Å². The SMILES string of the molecule is Nc1c(Cl)cccc1-c1nc(-c2ccc(O)cc2)no1. The smallest absolute Gasteiger partial charge is 0.260 e. The van der Waals surface area contributed by atoms with Gasteiger partial charge < -0.3 is 15.4 Å². The highest BCUT2D eigenvalue weighted by atomic mass is 35.5. The van der Waals surface area contributed by atoms with Crippen molar-refractivity contribution in [2.75, 3.05) is 5.73 Å². The van der Waals surface area contributed by atoms with Crippen LogP contribution in [0.5, 0.6) is 5.75 Å². The summed E-state index contributed by atoms with van der Waals surface area (Å²) >= 11 is 5.96. The molecule has 1 heterocycles. The van der Waals surface area contributed by atoms with E-state index in [9.17, 15) is 5.11 Å². The summed E-state index contributed by atoms with van der Waals surface area (Å²) in [5.41, 5.74) is 7.62. The molecule has 0 aliphatic carbocycles. The molecule has 0 spiro atoms. The van der Waals surface area contributed by atoms with Crippen molar-refractivity contribution >= 4 is 17.3 Å². The summed E-state index contributed by atoms with van der Waals surface area (Å²) in [6, 6.07) is 11.7. The number of benzene rings is 2. The highest BCUT2D eigenvalue weighted by Gasteiger charge is 2.14. The number of hydrogen-bond acceptors (Lipinski definition) is 5. The predicted octanol–water partition coefficient (Wildman–Crippen LogP) is 3.34. The average molecular weight is 288 g/mol. The fourth-order valence-electron chi connectivity index (χ4n) is 1.78. The second kappa shape index (κ2) is 4.86. The van der Waals surface area contributed by atoms with Gasteiger partial charge in [-0.25, -0.2) is 0 Å². The lowest BCUT2D eigenvalue weighted by atomic mass is 10.2. The Morgan fingerprint density at radius 2 is 1.85 bits per heavy atom. The van der Waals surface area contributed by atoms with Crippen LogP contribution in [0.2, 0.25) is 5.02 Å². The van der Waals surface area contributed by atoms with Crippen molar-refractivity contribution in [1.29, 1.82) is 0 Å². The highest BCUT2D eigenvalue weighted by Crippen LogP contribution is 2.31. The van der Waals surface area contributed by atoms with E-state index >= 15 is 0 Å². The van der Waals surface area contributed by atoms with Gasteiger partial charge in [-0.2, -0.15) is 4.98 Å². The first-order valence-corrected chi connectivity index (χ1v) is 6.20. The summed E-state index contributed by atoms with van der Waals surface area (Å²) in [7, 11) is 0. The molecule has 3 aromatic rings. The van der Waals surface area contributed by atoms with Crippen LogP contribution >= 0.6 is 11.6 Å². The third kappa shape index (κ3) is 2.19. The molecule has 0 fully saturated rings. The second-order valence-corrected chi connectivity index (χ2v) is 4.58. The summed E-state index contributed by atoms with van der Waals surface area (Å²) in [4.78, 5) is 4.28. The number of anilines is 1. The number of phenols is 1. The van der Waals surface area contributed by atoms with E-state index in [0.717, 1.165) is 5.56 Å². The van der Waals surface area contributed by atoms with E-state index in [1.807, 2.05) is 0 Å². The molecule has 0 unspecified atom stereocenters. The van der Waals surface area contributed by atoms with Crippen LogP contribution in [0.15, 0.2) is 47.0 Å². The molecule has 100 valence electrons. The first-order valence-electron chi connectivity index (χ1n) is 5.82. The number of hydrogen-bond donors (Lipinski definition) is 2. The maximum atomic E-state index is 9.26. The van der Waals surface area contributed by atoms with Gasteiger partial charge in [0.1, 0.15) is 5.75 Å². The molecular formula is C14H10ClN3O2. The maximum absolute atomic E-state index is 9.26. The zero-order chi connectivity index (χ0) is 14.1. The molecule has 6 heteroatoms. The van der Waals surface area contributed by atoms with Gasteiger partial charge in [-0.3, -0.25) is 0 Å². The number of phenolic OH excluding ortho intramolecular Hbond substituents is 1.